The average Bonchev–Trinajstić information content (AvgIpc) is 3.55. The fourth-order valence-corrected chi connectivity index (χ4v) is 5.55. The number of fused-ring (bicyclic) bond motifs is 2. The van der Waals surface area contributed by atoms with Crippen LogP contribution < -0.4 is 11.1 Å². The summed E-state index contributed by atoms with van der Waals surface area (Å²) in [5.74, 6) is -1.17. The number of amides is 3. The molecular formula is C21H23Cl2N5O4. The second-order valence-corrected chi connectivity index (χ2v) is 10.4. The number of carbonyl (C=O) groups excluding carboxylic acids is 3. The number of rotatable bonds is 7. The molecule has 1 aromatic heterocycles. The summed E-state index contributed by atoms with van der Waals surface area (Å²) in [4.78, 5) is 39.7. The van der Waals surface area contributed by atoms with Crippen molar-refractivity contribution in [3.63, 3.8) is 0 Å². The number of nitrogens with two attached hydrogens (primary N) is 1. The van der Waals surface area contributed by atoms with E-state index in [-0.39, 0.29) is 42.6 Å². The molecule has 4 N–H and O–H groups in total. The van der Waals surface area contributed by atoms with Crippen molar-refractivity contribution >= 4 is 51.8 Å². The van der Waals surface area contributed by atoms with Gasteiger partial charge in [0.05, 0.1) is 18.2 Å². The van der Waals surface area contributed by atoms with Gasteiger partial charge in [0.2, 0.25) is 11.8 Å². The van der Waals surface area contributed by atoms with Crippen LogP contribution in [0.25, 0.3) is 10.9 Å². The minimum absolute atomic E-state index is 0.0179. The maximum absolute atomic E-state index is 13.3. The van der Waals surface area contributed by atoms with E-state index in [4.69, 9.17) is 28.9 Å². The van der Waals surface area contributed by atoms with E-state index >= 15 is 0 Å². The highest BCUT2D eigenvalue weighted by atomic mass is 35.5. The molecule has 32 heavy (non-hydrogen) atoms. The molecule has 0 unspecified atom stereocenters. The number of nitrogens with one attached hydrogen (secondary N) is 1. The number of benzene rings is 1. The predicted molar refractivity (Wildman–Crippen MR) is 117 cm³/mol. The number of halogens is 2. The smallest absolute Gasteiger partial charge is 0.269 e. The molecular weight excluding hydrogens is 457 g/mol. The number of likely N-dealkylation sites (tertiary alicyclic amines) is 1. The number of hydrogen-bond donors (Lipinski definition) is 3. The van der Waals surface area contributed by atoms with E-state index in [0.29, 0.717) is 29.7 Å². The van der Waals surface area contributed by atoms with E-state index in [0.717, 1.165) is 6.42 Å². The molecule has 0 bridgehead atoms. The van der Waals surface area contributed by atoms with Crippen LogP contribution in [0.15, 0.2) is 24.3 Å². The summed E-state index contributed by atoms with van der Waals surface area (Å²) in [5.41, 5.74) is 6.17. The molecule has 3 fully saturated rings. The number of nitrogens with zero attached hydrogens (tertiary/aromatic N) is 3. The van der Waals surface area contributed by atoms with E-state index in [1.165, 1.54) is 4.68 Å². The molecule has 0 radical (unpaired) electrons. The van der Waals surface area contributed by atoms with Gasteiger partial charge in [-0.15, -0.1) is 23.2 Å². The molecule has 2 saturated carbocycles. The molecule has 9 nitrogen and oxygen atoms in total. The summed E-state index contributed by atoms with van der Waals surface area (Å²) in [6.45, 7) is -0.389. The van der Waals surface area contributed by atoms with Crippen molar-refractivity contribution in [1.82, 2.24) is 20.0 Å². The summed E-state index contributed by atoms with van der Waals surface area (Å²) < 4.78 is 0.520. The molecule has 2 heterocycles. The molecule has 1 aliphatic heterocycles. The highest BCUT2D eigenvalue weighted by molar-refractivity contribution is 6.51. The van der Waals surface area contributed by atoms with Gasteiger partial charge in [-0.2, -0.15) is 5.10 Å². The first kappa shape index (κ1) is 21.5. The number of carbonyl (C=O) groups is 3. The van der Waals surface area contributed by atoms with Crippen LogP contribution in [0.4, 0.5) is 0 Å². The fraction of sp³-hybridized carbons (Fsp3) is 0.524. The van der Waals surface area contributed by atoms with Gasteiger partial charge in [0, 0.05) is 17.3 Å². The molecule has 0 spiro atoms. The van der Waals surface area contributed by atoms with Crippen LogP contribution >= 0.6 is 23.2 Å². The normalized spacial score (nSPS) is 28.3. The third-order valence-electron chi connectivity index (χ3n) is 6.76. The number of para-hydroxylation sites is 1. The van der Waals surface area contributed by atoms with Gasteiger partial charge in [0.15, 0.2) is 5.69 Å². The number of primary amides is 1. The zero-order valence-corrected chi connectivity index (χ0v) is 18.6. The van der Waals surface area contributed by atoms with E-state index in [1.807, 2.05) is 0 Å². The fourth-order valence-electron chi connectivity index (χ4n) is 4.91. The summed E-state index contributed by atoms with van der Waals surface area (Å²) in [7, 11) is 0. The Kier molecular flexibility index (Phi) is 5.11. The van der Waals surface area contributed by atoms with Crippen LogP contribution in [0.1, 0.15) is 29.8 Å². The maximum atomic E-state index is 13.3. The number of aliphatic hydroxyl groups is 1. The molecule has 3 amide bonds. The first-order valence-electron chi connectivity index (χ1n) is 10.6. The molecule has 5 atom stereocenters. The van der Waals surface area contributed by atoms with E-state index in [2.05, 4.69) is 10.4 Å². The third kappa shape index (κ3) is 3.62. The molecule has 170 valence electrons. The SMILES string of the molecule is NC(=O)c1nn(CC(=O)N2[C@@H]3C[C@@H]3C[C@H]2C(=O)N[C@H](CO)[C@@H]2CC2(Cl)Cl)c2ccccc12. The quantitative estimate of drug-likeness (QED) is 0.505. The lowest BCUT2D eigenvalue weighted by molar-refractivity contribution is -0.140. The number of aromatic nitrogens is 2. The standard InChI is InChI=1S/C21H23Cl2N5O4/c22-21(23)7-12(21)13(9-29)25-20(32)16-6-10-5-15(10)28(16)17(30)8-27-14-4-2-1-3-11(14)18(26-27)19(24)31/h1-4,10,12-13,15-16,29H,5-9H2,(H2,24,31)(H,25,32)/t10-,12+,13-,15-,16+/m1/s1. The first-order valence-corrected chi connectivity index (χ1v) is 11.3. The van der Waals surface area contributed by atoms with Crippen LogP contribution in [-0.2, 0) is 16.1 Å². The maximum Gasteiger partial charge on any atom is 0.269 e. The minimum Gasteiger partial charge on any atom is -0.394 e. The summed E-state index contributed by atoms with van der Waals surface area (Å²) in [6.07, 6.45) is 1.93. The molecule has 1 saturated heterocycles. The minimum atomic E-state index is -0.937. The highest BCUT2D eigenvalue weighted by Gasteiger charge is 2.58. The predicted octanol–water partition coefficient (Wildman–Crippen LogP) is 0.796. The van der Waals surface area contributed by atoms with E-state index < -0.39 is 22.3 Å². The molecule has 3 aliphatic rings. The molecule has 1 aromatic carbocycles. The first-order chi connectivity index (χ1) is 15.2. The van der Waals surface area contributed by atoms with Crippen molar-refractivity contribution in [3.8, 4) is 0 Å². The Labute approximate surface area is 193 Å². The largest absolute Gasteiger partial charge is 0.394 e. The zero-order valence-electron chi connectivity index (χ0n) is 17.1. The Morgan fingerprint density at radius 2 is 2.00 bits per heavy atom. The Balaban J connectivity index is 1.34. The summed E-state index contributed by atoms with van der Waals surface area (Å²) in [6, 6.07) is 5.89. The lowest BCUT2D eigenvalue weighted by Gasteiger charge is -2.28. The average molecular weight is 480 g/mol. The number of hydrogen-bond acceptors (Lipinski definition) is 5. The second kappa shape index (κ2) is 7.60. The summed E-state index contributed by atoms with van der Waals surface area (Å²) >= 11 is 12.2. The lowest BCUT2D eigenvalue weighted by Crippen LogP contribution is -2.52. The Morgan fingerprint density at radius 3 is 2.66 bits per heavy atom. The van der Waals surface area contributed by atoms with Crippen LogP contribution in [0.5, 0.6) is 0 Å². The zero-order chi connectivity index (χ0) is 22.8. The van der Waals surface area contributed by atoms with Crippen LogP contribution in [-0.4, -0.2) is 66.6 Å². The highest BCUT2D eigenvalue weighted by Crippen LogP contribution is 2.55. The third-order valence-corrected chi connectivity index (χ3v) is 7.63. The van der Waals surface area contributed by atoms with Crippen molar-refractivity contribution in [1.29, 1.82) is 0 Å². The van der Waals surface area contributed by atoms with Gasteiger partial charge in [0.25, 0.3) is 5.91 Å². The van der Waals surface area contributed by atoms with E-state index in [9.17, 15) is 19.5 Å². The van der Waals surface area contributed by atoms with Gasteiger partial charge >= 0.3 is 0 Å². The van der Waals surface area contributed by atoms with Gasteiger partial charge < -0.3 is 21.1 Å². The van der Waals surface area contributed by atoms with Crippen molar-refractivity contribution in [2.45, 2.75) is 48.3 Å². The van der Waals surface area contributed by atoms with Crippen molar-refractivity contribution in [3.05, 3.63) is 30.0 Å². The number of aliphatic hydroxyl groups excluding tert-OH is 1. The Bertz CT molecular complexity index is 1120. The number of alkyl halides is 2. The molecule has 11 heteroatoms. The van der Waals surface area contributed by atoms with Crippen LogP contribution in [0, 0.1) is 11.8 Å². The van der Waals surface area contributed by atoms with E-state index in [1.54, 1.807) is 29.2 Å². The van der Waals surface area contributed by atoms with Gasteiger partial charge in [-0.3, -0.25) is 19.1 Å². The van der Waals surface area contributed by atoms with Crippen molar-refractivity contribution < 1.29 is 19.5 Å². The molecule has 2 aliphatic carbocycles. The van der Waals surface area contributed by atoms with Gasteiger partial charge in [-0.05, 0) is 31.2 Å². The molecule has 2 aromatic rings. The number of piperidine rings is 1. The second-order valence-electron chi connectivity index (χ2n) is 8.87. The topological polar surface area (TPSA) is 131 Å². The monoisotopic (exact) mass is 479 g/mol. The Morgan fingerprint density at radius 1 is 1.28 bits per heavy atom. The van der Waals surface area contributed by atoms with Crippen molar-refractivity contribution in [2.75, 3.05) is 6.61 Å². The van der Waals surface area contributed by atoms with Gasteiger partial charge in [-0.1, -0.05) is 18.2 Å². The molecule has 5 rings (SSSR count). The van der Waals surface area contributed by atoms with Gasteiger partial charge in [-0.25, -0.2) is 0 Å². The van der Waals surface area contributed by atoms with Crippen molar-refractivity contribution in [2.24, 2.45) is 17.6 Å². The summed E-state index contributed by atoms with van der Waals surface area (Å²) in [5, 5.41) is 17.3. The van der Waals surface area contributed by atoms with Crippen LogP contribution in [0.3, 0.4) is 0 Å². The lowest BCUT2D eigenvalue weighted by atomic mass is 10.1. The van der Waals surface area contributed by atoms with Crippen LogP contribution in [0.2, 0.25) is 0 Å². The Hall–Kier alpha value is -2.36. The van der Waals surface area contributed by atoms with Gasteiger partial charge in [0.1, 0.15) is 16.9 Å².